The molecule has 0 aliphatic carbocycles. The lowest BCUT2D eigenvalue weighted by molar-refractivity contribution is -0.870. The highest BCUT2D eigenvalue weighted by Crippen LogP contribution is 2.38. The van der Waals surface area contributed by atoms with E-state index in [1.807, 2.05) is 27.2 Å². The van der Waals surface area contributed by atoms with Gasteiger partial charge >= 0.3 is 0 Å². The van der Waals surface area contributed by atoms with Crippen LogP contribution in [-0.4, -0.2) is 68.5 Å². The van der Waals surface area contributed by atoms with E-state index in [4.69, 9.17) is 9.05 Å². The number of phosphoric acid groups is 1. The van der Waals surface area contributed by atoms with Crippen molar-refractivity contribution in [3.63, 3.8) is 0 Å². The van der Waals surface area contributed by atoms with Gasteiger partial charge in [-0.3, -0.25) is 9.36 Å². The van der Waals surface area contributed by atoms with Crippen LogP contribution in [0.1, 0.15) is 239 Å². The fraction of sp³-hybridized carbons (Fsp3) is 0.804. The molecule has 0 spiro atoms. The quantitative estimate of drug-likeness (QED) is 0.0272. The number of allylic oxidation sites excluding steroid dienone is 9. The van der Waals surface area contributed by atoms with Crippen molar-refractivity contribution in [3.8, 4) is 0 Å². The third-order valence-electron chi connectivity index (χ3n) is 12.0. The van der Waals surface area contributed by atoms with Gasteiger partial charge in [-0.05, 0) is 57.8 Å². The van der Waals surface area contributed by atoms with Crippen LogP contribution >= 0.6 is 7.82 Å². The van der Waals surface area contributed by atoms with E-state index in [-0.39, 0.29) is 19.1 Å². The van der Waals surface area contributed by atoms with Gasteiger partial charge in [-0.2, -0.15) is 0 Å². The van der Waals surface area contributed by atoms with Crippen LogP contribution in [0.5, 0.6) is 0 Å². The standard InChI is InChI=1S/C56H105N2O6P/c1-6-8-10-12-14-16-18-20-22-24-26-27-28-29-30-32-33-35-37-39-41-43-45-47-49-55(59)54(53-64-65(61,62)63-52-51-58(3,4)5)57-56(60)50-48-46-44-42-40-38-36-34-31-25-23-21-19-17-15-13-11-9-7-2/h9,11,15,17,21,23,31,34,47,49,54-55,59H,6-8,10,12-14,16,18-20,22,24-30,32-33,35-46,48,50-53H2,1-5H3,(H-,57,60,61,62)/b11-9-,17-15-,23-21-,34-31-,49-47+. The first-order valence-electron chi connectivity index (χ1n) is 27.2. The molecule has 8 nitrogen and oxygen atoms in total. The second-order valence-electron chi connectivity index (χ2n) is 19.6. The molecule has 2 N–H and O–H groups in total. The van der Waals surface area contributed by atoms with E-state index in [0.29, 0.717) is 17.4 Å². The minimum Gasteiger partial charge on any atom is -0.756 e. The number of hydrogen-bond acceptors (Lipinski definition) is 6. The number of rotatable bonds is 49. The SMILES string of the molecule is CC/C=C\C/C=C\C/C=C\C/C=C\CCCCCCCCC(=O)NC(COP(=O)([O-])OCC[N+](C)(C)C)C(O)/C=C/CCCCCCCCCCCCCCCCCCCCCCCC. The van der Waals surface area contributed by atoms with Crippen LogP contribution in [0.2, 0.25) is 0 Å². The summed E-state index contributed by atoms with van der Waals surface area (Å²) in [7, 11) is 1.25. The lowest BCUT2D eigenvalue weighted by Gasteiger charge is -2.29. The maximum absolute atomic E-state index is 12.9. The van der Waals surface area contributed by atoms with Crippen molar-refractivity contribution in [3.05, 3.63) is 60.8 Å². The molecule has 0 saturated carbocycles. The number of nitrogens with one attached hydrogen (secondary N) is 1. The molecular weight excluding hydrogens is 828 g/mol. The van der Waals surface area contributed by atoms with Gasteiger partial charge < -0.3 is 28.8 Å². The van der Waals surface area contributed by atoms with Gasteiger partial charge in [-0.1, -0.05) is 235 Å². The number of quaternary nitrogens is 1. The first kappa shape index (κ1) is 63.2. The molecule has 0 aliphatic heterocycles. The summed E-state index contributed by atoms with van der Waals surface area (Å²) in [4.78, 5) is 25.4. The van der Waals surface area contributed by atoms with Crippen LogP contribution in [0.4, 0.5) is 0 Å². The fourth-order valence-electron chi connectivity index (χ4n) is 7.73. The van der Waals surface area contributed by atoms with Crippen LogP contribution in [0.25, 0.3) is 0 Å². The number of amides is 1. The summed E-state index contributed by atoms with van der Waals surface area (Å²) < 4.78 is 23.3. The molecule has 0 aliphatic rings. The summed E-state index contributed by atoms with van der Waals surface area (Å²) in [6.45, 7) is 4.54. The average molecular weight is 933 g/mol. The number of aliphatic hydroxyl groups excluding tert-OH is 1. The van der Waals surface area contributed by atoms with Crippen LogP contribution in [0.3, 0.4) is 0 Å². The van der Waals surface area contributed by atoms with Crippen molar-refractivity contribution in [1.29, 1.82) is 0 Å². The minimum absolute atomic E-state index is 0.00622. The van der Waals surface area contributed by atoms with Gasteiger partial charge in [0.25, 0.3) is 7.82 Å². The number of unbranched alkanes of at least 4 members (excludes halogenated alkanes) is 28. The largest absolute Gasteiger partial charge is 0.756 e. The predicted molar refractivity (Wildman–Crippen MR) is 279 cm³/mol. The van der Waals surface area contributed by atoms with E-state index in [1.165, 1.54) is 141 Å². The van der Waals surface area contributed by atoms with Crippen LogP contribution in [0.15, 0.2) is 60.8 Å². The zero-order valence-corrected chi connectivity index (χ0v) is 44.1. The number of nitrogens with zero attached hydrogens (tertiary/aromatic N) is 1. The Kier molecular flexibility index (Phi) is 46.0. The molecule has 0 bridgehead atoms. The van der Waals surface area contributed by atoms with Crippen molar-refractivity contribution in [2.24, 2.45) is 0 Å². The van der Waals surface area contributed by atoms with Gasteiger partial charge in [0.2, 0.25) is 5.91 Å². The van der Waals surface area contributed by atoms with Crippen molar-refractivity contribution >= 4 is 13.7 Å². The van der Waals surface area contributed by atoms with Crippen molar-refractivity contribution in [2.75, 3.05) is 40.9 Å². The van der Waals surface area contributed by atoms with Crippen LogP contribution in [0, 0.1) is 0 Å². The molecule has 9 heteroatoms. The lowest BCUT2D eigenvalue weighted by atomic mass is 10.0. The van der Waals surface area contributed by atoms with Gasteiger partial charge in [0.05, 0.1) is 39.9 Å². The normalized spacial score (nSPS) is 14.5. The summed E-state index contributed by atoms with van der Waals surface area (Å²) >= 11 is 0. The molecule has 0 heterocycles. The number of aliphatic hydroxyl groups is 1. The fourth-order valence-corrected chi connectivity index (χ4v) is 8.46. The highest BCUT2D eigenvalue weighted by molar-refractivity contribution is 7.45. The Hall–Kier alpha value is -1.80. The van der Waals surface area contributed by atoms with E-state index in [1.54, 1.807) is 6.08 Å². The third-order valence-corrected chi connectivity index (χ3v) is 12.9. The van der Waals surface area contributed by atoms with E-state index in [2.05, 4.69) is 67.8 Å². The summed E-state index contributed by atoms with van der Waals surface area (Å²) in [6.07, 6.45) is 62.8. The summed E-state index contributed by atoms with van der Waals surface area (Å²) in [6, 6.07) is -0.897. The smallest absolute Gasteiger partial charge is 0.268 e. The van der Waals surface area contributed by atoms with E-state index >= 15 is 0 Å². The highest BCUT2D eigenvalue weighted by atomic mass is 31.2. The molecule has 0 aromatic rings. The molecule has 0 aromatic heterocycles. The minimum atomic E-state index is -4.60. The number of phosphoric ester groups is 1. The van der Waals surface area contributed by atoms with Gasteiger partial charge in [-0.15, -0.1) is 0 Å². The predicted octanol–water partition coefficient (Wildman–Crippen LogP) is 15.5. The molecular formula is C56H105N2O6P. The van der Waals surface area contributed by atoms with Gasteiger partial charge in [0, 0.05) is 6.42 Å². The maximum atomic E-state index is 12.9. The zero-order valence-electron chi connectivity index (χ0n) is 43.2. The van der Waals surface area contributed by atoms with Gasteiger partial charge in [0.15, 0.2) is 0 Å². The monoisotopic (exact) mass is 933 g/mol. The molecule has 1 amide bonds. The number of hydrogen-bond donors (Lipinski definition) is 2. The third kappa shape index (κ3) is 49.9. The topological polar surface area (TPSA) is 108 Å². The lowest BCUT2D eigenvalue weighted by Crippen LogP contribution is -2.45. The summed E-state index contributed by atoms with van der Waals surface area (Å²) in [5.41, 5.74) is 0. The first-order valence-corrected chi connectivity index (χ1v) is 28.6. The number of carbonyl (C=O) groups excluding carboxylic acids is 1. The van der Waals surface area contributed by atoms with E-state index in [0.717, 1.165) is 77.0 Å². The van der Waals surface area contributed by atoms with Crippen LogP contribution in [-0.2, 0) is 18.4 Å². The molecule has 0 rings (SSSR count). The Morgan fingerprint density at radius 3 is 1.37 bits per heavy atom. The Labute approximate surface area is 402 Å². The Balaban J connectivity index is 4.28. The van der Waals surface area contributed by atoms with Crippen molar-refractivity contribution < 1.29 is 32.9 Å². The molecule has 3 atom stereocenters. The van der Waals surface area contributed by atoms with Gasteiger partial charge in [0.1, 0.15) is 13.2 Å². The van der Waals surface area contributed by atoms with E-state index < -0.39 is 20.0 Å². The Morgan fingerprint density at radius 2 is 0.938 bits per heavy atom. The Bertz CT molecular complexity index is 1240. The molecule has 0 radical (unpaired) electrons. The number of likely N-dealkylation sites (N-methyl/N-ethyl adjacent to an activating group) is 1. The summed E-state index contributed by atoms with van der Waals surface area (Å²) in [5.74, 6) is -0.211. The van der Waals surface area contributed by atoms with E-state index in [9.17, 15) is 19.4 Å². The van der Waals surface area contributed by atoms with Crippen molar-refractivity contribution in [2.45, 2.75) is 251 Å². The number of carbonyl (C=O) groups is 1. The molecule has 0 saturated heterocycles. The van der Waals surface area contributed by atoms with Crippen LogP contribution < -0.4 is 10.2 Å². The highest BCUT2D eigenvalue weighted by Gasteiger charge is 2.23. The molecule has 0 aromatic carbocycles. The Morgan fingerprint density at radius 1 is 0.554 bits per heavy atom. The molecule has 65 heavy (non-hydrogen) atoms. The second-order valence-corrected chi connectivity index (χ2v) is 21.0. The molecule has 380 valence electrons. The maximum Gasteiger partial charge on any atom is 0.268 e. The second kappa shape index (κ2) is 47.3. The summed E-state index contributed by atoms with van der Waals surface area (Å²) in [5, 5.41) is 13.9. The molecule has 0 fully saturated rings. The zero-order chi connectivity index (χ0) is 47.8. The van der Waals surface area contributed by atoms with Gasteiger partial charge in [-0.25, -0.2) is 0 Å². The van der Waals surface area contributed by atoms with Crippen molar-refractivity contribution in [1.82, 2.24) is 5.32 Å². The average Bonchev–Trinajstić information content (AvgIpc) is 3.26. The first-order chi connectivity index (χ1) is 31.5. The molecule has 3 unspecified atom stereocenters.